The third-order valence-electron chi connectivity index (χ3n) is 4.85. The Morgan fingerprint density at radius 3 is 2.57 bits per heavy atom. The quantitative estimate of drug-likeness (QED) is 0.310. The van der Waals surface area contributed by atoms with Crippen LogP contribution >= 0.6 is 38.8 Å². The molecule has 10 heteroatoms. The summed E-state index contributed by atoms with van der Waals surface area (Å²) in [6.45, 7) is 1.42. The number of urea groups is 1. The fourth-order valence-electron chi connectivity index (χ4n) is 3.16. The second-order valence-corrected chi connectivity index (χ2v) is 8.16. The minimum absolute atomic E-state index is 0.110. The minimum atomic E-state index is -0.380. The maximum Gasteiger partial charge on any atom is 0.317 e. The van der Waals surface area contributed by atoms with Crippen LogP contribution in [0.3, 0.4) is 0 Å². The van der Waals surface area contributed by atoms with Crippen LogP contribution in [0, 0.1) is 11.7 Å². The number of amidine groups is 1. The molecule has 2 N–H and O–H groups in total. The van der Waals surface area contributed by atoms with Gasteiger partial charge in [-0.25, -0.2) is 9.18 Å². The van der Waals surface area contributed by atoms with E-state index >= 15 is 0 Å². The molecule has 1 aliphatic rings. The van der Waals surface area contributed by atoms with E-state index in [1.54, 1.807) is 52.3 Å². The molecule has 0 radical (unpaired) electrons. The Morgan fingerprint density at radius 2 is 1.93 bits per heavy atom. The highest BCUT2D eigenvalue weighted by atomic mass is 127. The number of aromatic nitrogens is 1. The third-order valence-corrected chi connectivity index (χ3v) is 5.94. The molecular weight excluding hydrogens is 568 g/mol. The lowest BCUT2D eigenvalue weighted by atomic mass is 9.92. The summed E-state index contributed by atoms with van der Waals surface area (Å²) in [6.07, 6.45) is 4.49. The second-order valence-electron chi connectivity index (χ2n) is 6.83. The molecule has 2 heterocycles. The fourth-order valence-corrected chi connectivity index (χ4v) is 3.90. The summed E-state index contributed by atoms with van der Waals surface area (Å²) in [6, 6.07) is 7.97. The summed E-state index contributed by atoms with van der Waals surface area (Å²) >= 11 is 4.91. The van der Waals surface area contributed by atoms with Gasteiger partial charge in [-0.1, -0.05) is 0 Å². The molecule has 30 heavy (non-hydrogen) atoms. The van der Waals surface area contributed by atoms with Gasteiger partial charge in [0.05, 0.1) is 27.3 Å². The largest absolute Gasteiger partial charge is 0.337 e. The van der Waals surface area contributed by atoms with Gasteiger partial charge < -0.3 is 15.5 Å². The number of benzene rings is 1. The third kappa shape index (κ3) is 5.97. The average molecular weight is 588 g/mol. The van der Waals surface area contributed by atoms with Crippen molar-refractivity contribution in [3.05, 3.63) is 58.6 Å². The standard InChI is InChI=1S/C20H20BrFIN5O2/c21-16-11-15(1-2-17(16)22)26-19(27-23)18(29)14-5-9-28(10-6-14)20(30)25-12-13-3-7-24-8-4-13/h1-4,7-8,11,14H,5-6,9-10,12H2,(H,25,30)(H,26,27). The van der Waals surface area contributed by atoms with Crippen molar-refractivity contribution in [3.8, 4) is 0 Å². The molecule has 0 atom stereocenters. The maximum absolute atomic E-state index is 13.4. The summed E-state index contributed by atoms with van der Waals surface area (Å²) in [5.74, 6) is -0.495. The first-order chi connectivity index (χ1) is 14.5. The minimum Gasteiger partial charge on any atom is -0.337 e. The molecule has 0 unspecified atom stereocenters. The molecule has 1 aromatic carbocycles. The lowest BCUT2D eigenvalue weighted by molar-refractivity contribution is -0.117. The smallest absolute Gasteiger partial charge is 0.317 e. The molecule has 0 bridgehead atoms. The summed E-state index contributed by atoms with van der Waals surface area (Å²) in [4.78, 5) is 30.9. The highest BCUT2D eigenvalue weighted by Crippen LogP contribution is 2.23. The molecular formula is C20H20BrFIN5O2. The number of piperidine rings is 1. The van der Waals surface area contributed by atoms with Crippen molar-refractivity contribution in [2.75, 3.05) is 18.4 Å². The maximum atomic E-state index is 13.4. The van der Waals surface area contributed by atoms with E-state index < -0.39 is 0 Å². The van der Waals surface area contributed by atoms with Crippen molar-refractivity contribution in [3.63, 3.8) is 0 Å². The van der Waals surface area contributed by atoms with Crippen LogP contribution in [0.2, 0.25) is 0 Å². The summed E-state index contributed by atoms with van der Waals surface area (Å²) in [7, 11) is 0. The van der Waals surface area contributed by atoms with Gasteiger partial charge in [-0.15, -0.1) is 0 Å². The van der Waals surface area contributed by atoms with E-state index in [4.69, 9.17) is 0 Å². The monoisotopic (exact) mass is 587 g/mol. The first kappa shape index (κ1) is 22.6. The number of carbonyl (C=O) groups is 2. The van der Waals surface area contributed by atoms with Crippen LogP contribution in [0.1, 0.15) is 18.4 Å². The molecule has 1 saturated heterocycles. The molecule has 158 valence electrons. The summed E-state index contributed by atoms with van der Waals surface area (Å²) < 4.78 is 17.8. The first-order valence-electron chi connectivity index (χ1n) is 9.35. The van der Waals surface area contributed by atoms with Gasteiger partial charge in [-0.3, -0.25) is 9.78 Å². The number of pyridine rings is 1. The van der Waals surface area contributed by atoms with Gasteiger partial charge in [0.25, 0.3) is 0 Å². The van der Waals surface area contributed by atoms with Gasteiger partial charge in [-0.2, -0.15) is 3.21 Å². The molecule has 1 aliphatic heterocycles. The van der Waals surface area contributed by atoms with Crippen LogP contribution in [0.25, 0.3) is 0 Å². The normalized spacial score (nSPS) is 15.0. The summed E-state index contributed by atoms with van der Waals surface area (Å²) in [5, 5.41) is 5.86. The van der Waals surface area contributed by atoms with Gasteiger partial charge in [0, 0.05) is 43.6 Å². The predicted octanol–water partition coefficient (Wildman–Crippen LogP) is 4.33. The van der Waals surface area contributed by atoms with Crippen molar-refractivity contribution in [2.24, 2.45) is 9.12 Å². The van der Waals surface area contributed by atoms with Crippen molar-refractivity contribution >= 4 is 62.1 Å². The Hall–Kier alpha value is -2.08. The van der Waals surface area contributed by atoms with Gasteiger partial charge >= 0.3 is 6.03 Å². The number of likely N-dealkylation sites (tertiary alicyclic amines) is 1. The van der Waals surface area contributed by atoms with Gasteiger partial charge in [0.2, 0.25) is 5.78 Å². The van der Waals surface area contributed by atoms with E-state index in [0.717, 1.165) is 5.56 Å². The van der Waals surface area contributed by atoms with E-state index in [0.29, 0.717) is 42.6 Å². The zero-order valence-corrected chi connectivity index (χ0v) is 19.7. The highest BCUT2D eigenvalue weighted by Gasteiger charge is 2.30. The van der Waals surface area contributed by atoms with E-state index in [1.807, 2.05) is 12.1 Å². The predicted molar refractivity (Wildman–Crippen MR) is 125 cm³/mol. The number of anilines is 1. The number of ketones is 1. The Labute approximate surface area is 196 Å². The SMILES string of the molecule is O=C(/C(=N/I)Nc1ccc(F)c(Br)c1)C1CCN(C(=O)NCc2ccncc2)CC1. The van der Waals surface area contributed by atoms with E-state index in [-0.39, 0.29) is 29.4 Å². The Kier molecular flexibility index (Phi) is 8.14. The summed E-state index contributed by atoms with van der Waals surface area (Å²) in [5.41, 5.74) is 1.55. The number of carbonyl (C=O) groups excluding carboxylic acids is 2. The Bertz CT molecular complexity index is 936. The van der Waals surface area contributed by atoms with E-state index in [9.17, 15) is 14.0 Å². The van der Waals surface area contributed by atoms with E-state index in [1.165, 1.54) is 6.07 Å². The second kappa shape index (κ2) is 10.8. The van der Waals surface area contributed by atoms with Crippen molar-refractivity contribution in [2.45, 2.75) is 19.4 Å². The number of hydrogen-bond donors (Lipinski definition) is 2. The van der Waals surface area contributed by atoms with Gasteiger partial charge in [-0.05, 0) is 64.7 Å². The van der Waals surface area contributed by atoms with Crippen LogP contribution in [0.15, 0.2) is 50.4 Å². The lowest BCUT2D eigenvalue weighted by Gasteiger charge is -2.31. The zero-order valence-electron chi connectivity index (χ0n) is 15.9. The molecule has 3 rings (SSSR count). The number of rotatable bonds is 5. The lowest BCUT2D eigenvalue weighted by Crippen LogP contribution is -2.46. The average Bonchev–Trinajstić information content (AvgIpc) is 2.78. The number of amides is 2. The zero-order chi connectivity index (χ0) is 21.5. The van der Waals surface area contributed by atoms with Crippen LogP contribution in [-0.2, 0) is 11.3 Å². The Morgan fingerprint density at radius 1 is 1.23 bits per heavy atom. The number of halogens is 3. The number of nitrogens with zero attached hydrogens (tertiary/aromatic N) is 3. The van der Waals surface area contributed by atoms with Gasteiger partial charge in [0.1, 0.15) is 5.82 Å². The molecule has 0 spiro atoms. The van der Waals surface area contributed by atoms with Crippen LogP contribution in [-0.4, -0.2) is 40.6 Å². The molecule has 1 fully saturated rings. The molecule has 0 aliphatic carbocycles. The topological polar surface area (TPSA) is 86.7 Å². The Balaban J connectivity index is 1.51. The van der Waals surface area contributed by atoms with E-state index in [2.05, 4.69) is 34.8 Å². The van der Waals surface area contributed by atoms with Crippen LogP contribution in [0.5, 0.6) is 0 Å². The fraction of sp³-hybridized carbons (Fsp3) is 0.300. The number of nitrogens with one attached hydrogen (secondary N) is 2. The molecule has 2 aromatic rings. The first-order valence-corrected chi connectivity index (χ1v) is 11.1. The van der Waals surface area contributed by atoms with Crippen LogP contribution in [0.4, 0.5) is 14.9 Å². The molecule has 0 saturated carbocycles. The van der Waals surface area contributed by atoms with Crippen molar-refractivity contribution in [1.82, 2.24) is 15.2 Å². The molecule has 7 nitrogen and oxygen atoms in total. The van der Waals surface area contributed by atoms with Crippen molar-refractivity contribution in [1.29, 1.82) is 0 Å². The highest BCUT2D eigenvalue weighted by molar-refractivity contribution is 14.1. The molecule has 2 amide bonds. The van der Waals surface area contributed by atoms with Crippen LogP contribution < -0.4 is 10.6 Å². The number of hydrogen-bond acceptors (Lipinski definition) is 4. The molecule has 1 aromatic heterocycles. The van der Waals surface area contributed by atoms with Crippen molar-refractivity contribution < 1.29 is 14.0 Å². The number of Topliss-reactive ketones (excluding diaryl/α,β-unsaturated/α-hetero) is 1. The van der Waals surface area contributed by atoms with Gasteiger partial charge in [0.15, 0.2) is 5.84 Å².